The maximum atomic E-state index is 10.9. The van der Waals surface area contributed by atoms with E-state index >= 15 is 0 Å². The molecule has 92 valence electrons. The summed E-state index contributed by atoms with van der Waals surface area (Å²) in [6, 6.07) is 5.24. The third kappa shape index (κ3) is 2.99. The summed E-state index contributed by atoms with van der Waals surface area (Å²) in [4.78, 5) is 10.9. The Hall–Kier alpha value is -1.51. The summed E-state index contributed by atoms with van der Waals surface area (Å²) in [6.07, 6.45) is 5.26. The minimum absolute atomic E-state index is 0.351. The number of rotatable bonds is 4. The molecule has 0 radical (unpaired) electrons. The van der Waals surface area contributed by atoms with Crippen LogP contribution in [0.5, 0.6) is 0 Å². The highest BCUT2D eigenvalue weighted by Crippen LogP contribution is 2.26. The second-order valence-corrected chi connectivity index (χ2v) is 4.87. The number of benzene rings is 1. The molecule has 0 aromatic heterocycles. The first kappa shape index (κ1) is 12.0. The molecule has 0 saturated heterocycles. The summed E-state index contributed by atoms with van der Waals surface area (Å²) < 4.78 is 0. The van der Waals surface area contributed by atoms with Crippen molar-refractivity contribution in [2.45, 2.75) is 32.6 Å². The zero-order valence-corrected chi connectivity index (χ0v) is 10.2. The van der Waals surface area contributed by atoms with Crippen LogP contribution >= 0.6 is 0 Å². The lowest BCUT2D eigenvalue weighted by atomic mass is 10.1. The molecular formula is C14H19NO2. The molecule has 2 N–H and O–H groups in total. The van der Waals surface area contributed by atoms with Crippen LogP contribution in [-0.4, -0.2) is 17.6 Å². The Bertz CT molecular complexity index is 409. The topological polar surface area (TPSA) is 49.3 Å². The lowest BCUT2D eigenvalue weighted by Gasteiger charge is -2.14. The SMILES string of the molecule is Cc1ccc(C(=O)O)cc1NCC1CCCC1. The highest BCUT2D eigenvalue weighted by Gasteiger charge is 2.15. The fourth-order valence-corrected chi connectivity index (χ4v) is 2.41. The van der Waals surface area contributed by atoms with Crippen LogP contribution in [-0.2, 0) is 0 Å². The highest BCUT2D eigenvalue weighted by atomic mass is 16.4. The van der Waals surface area contributed by atoms with Gasteiger partial charge in [0, 0.05) is 12.2 Å². The third-order valence-electron chi connectivity index (χ3n) is 3.54. The molecule has 0 bridgehead atoms. The van der Waals surface area contributed by atoms with Crippen molar-refractivity contribution in [1.29, 1.82) is 0 Å². The van der Waals surface area contributed by atoms with Gasteiger partial charge in [0.1, 0.15) is 0 Å². The van der Waals surface area contributed by atoms with E-state index in [4.69, 9.17) is 5.11 Å². The van der Waals surface area contributed by atoms with Gasteiger partial charge in [-0.1, -0.05) is 18.9 Å². The Morgan fingerprint density at radius 3 is 2.76 bits per heavy atom. The molecule has 0 atom stereocenters. The van der Waals surface area contributed by atoms with Crippen LogP contribution in [0.4, 0.5) is 5.69 Å². The molecule has 2 rings (SSSR count). The predicted molar refractivity (Wildman–Crippen MR) is 68.6 cm³/mol. The van der Waals surface area contributed by atoms with Gasteiger partial charge in [0.25, 0.3) is 0 Å². The molecule has 1 fully saturated rings. The van der Waals surface area contributed by atoms with E-state index in [1.807, 2.05) is 13.0 Å². The Labute approximate surface area is 102 Å². The number of nitrogens with one attached hydrogen (secondary N) is 1. The van der Waals surface area contributed by atoms with Gasteiger partial charge in [0.2, 0.25) is 0 Å². The van der Waals surface area contributed by atoms with Crippen molar-refractivity contribution in [2.24, 2.45) is 5.92 Å². The average molecular weight is 233 g/mol. The number of aromatic carboxylic acids is 1. The van der Waals surface area contributed by atoms with Crippen LogP contribution in [0.15, 0.2) is 18.2 Å². The third-order valence-corrected chi connectivity index (χ3v) is 3.54. The number of aryl methyl sites for hydroxylation is 1. The van der Waals surface area contributed by atoms with Gasteiger partial charge in [-0.05, 0) is 43.4 Å². The van der Waals surface area contributed by atoms with Crippen LogP contribution in [0.3, 0.4) is 0 Å². The van der Waals surface area contributed by atoms with Gasteiger partial charge in [-0.15, -0.1) is 0 Å². The molecule has 0 heterocycles. The highest BCUT2D eigenvalue weighted by molar-refractivity contribution is 5.89. The summed E-state index contributed by atoms with van der Waals surface area (Å²) in [5.74, 6) is -0.114. The van der Waals surface area contributed by atoms with E-state index in [0.717, 1.165) is 23.7 Å². The van der Waals surface area contributed by atoms with Crippen molar-refractivity contribution in [3.8, 4) is 0 Å². The normalized spacial score (nSPS) is 16.1. The summed E-state index contributed by atoms with van der Waals surface area (Å²) in [5.41, 5.74) is 2.41. The Kier molecular flexibility index (Phi) is 3.67. The Balaban J connectivity index is 2.03. The molecule has 1 aromatic rings. The number of hydrogen-bond donors (Lipinski definition) is 2. The summed E-state index contributed by atoms with van der Waals surface area (Å²) in [6.45, 7) is 2.96. The largest absolute Gasteiger partial charge is 0.478 e. The van der Waals surface area contributed by atoms with Gasteiger partial charge in [-0.25, -0.2) is 4.79 Å². The van der Waals surface area contributed by atoms with Crippen LogP contribution in [0.2, 0.25) is 0 Å². The number of carbonyl (C=O) groups is 1. The van der Waals surface area contributed by atoms with E-state index in [9.17, 15) is 4.79 Å². The first-order valence-corrected chi connectivity index (χ1v) is 6.24. The molecule has 0 amide bonds. The van der Waals surface area contributed by atoms with Gasteiger partial charge >= 0.3 is 5.97 Å². The molecule has 1 aliphatic rings. The van der Waals surface area contributed by atoms with Crippen LogP contribution < -0.4 is 5.32 Å². The van der Waals surface area contributed by atoms with Gasteiger partial charge in [-0.3, -0.25) is 0 Å². The molecule has 3 nitrogen and oxygen atoms in total. The molecule has 1 aliphatic carbocycles. The molecule has 0 aliphatic heterocycles. The monoisotopic (exact) mass is 233 g/mol. The lowest BCUT2D eigenvalue weighted by Crippen LogP contribution is -2.12. The summed E-state index contributed by atoms with van der Waals surface area (Å²) in [5, 5.41) is 12.3. The maximum absolute atomic E-state index is 10.9. The first-order chi connectivity index (χ1) is 8.16. The Morgan fingerprint density at radius 1 is 1.41 bits per heavy atom. The van der Waals surface area contributed by atoms with Crippen molar-refractivity contribution in [3.63, 3.8) is 0 Å². The zero-order chi connectivity index (χ0) is 12.3. The first-order valence-electron chi connectivity index (χ1n) is 6.24. The van der Waals surface area contributed by atoms with Crippen molar-refractivity contribution in [1.82, 2.24) is 0 Å². The van der Waals surface area contributed by atoms with E-state index in [1.165, 1.54) is 25.7 Å². The summed E-state index contributed by atoms with van der Waals surface area (Å²) in [7, 11) is 0. The van der Waals surface area contributed by atoms with Crippen LogP contribution in [0, 0.1) is 12.8 Å². The van der Waals surface area contributed by atoms with Crippen LogP contribution in [0.25, 0.3) is 0 Å². The van der Waals surface area contributed by atoms with Crippen molar-refractivity contribution < 1.29 is 9.90 Å². The minimum atomic E-state index is -0.867. The fraction of sp³-hybridized carbons (Fsp3) is 0.500. The number of carboxylic acids is 1. The maximum Gasteiger partial charge on any atom is 0.335 e. The Morgan fingerprint density at radius 2 is 2.12 bits per heavy atom. The molecule has 1 saturated carbocycles. The number of anilines is 1. The second-order valence-electron chi connectivity index (χ2n) is 4.87. The molecule has 17 heavy (non-hydrogen) atoms. The fourth-order valence-electron chi connectivity index (χ4n) is 2.41. The molecule has 0 spiro atoms. The second kappa shape index (κ2) is 5.21. The quantitative estimate of drug-likeness (QED) is 0.839. The lowest BCUT2D eigenvalue weighted by molar-refractivity contribution is 0.0697. The minimum Gasteiger partial charge on any atom is -0.478 e. The average Bonchev–Trinajstić information content (AvgIpc) is 2.80. The standard InChI is InChI=1S/C14H19NO2/c1-10-6-7-12(14(16)17)8-13(10)15-9-11-4-2-3-5-11/h6-8,11,15H,2-5,9H2,1H3,(H,16,17). The number of carboxylic acid groups (broad SMARTS) is 1. The van der Waals surface area contributed by atoms with Crippen molar-refractivity contribution in [2.75, 3.05) is 11.9 Å². The van der Waals surface area contributed by atoms with E-state index in [0.29, 0.717) is 5.56 Å². The predicted octanol–water partition coefficient (Wildman–Crippen LogP) is 3.30. The van der Waals surface area contributed by atoms with E-state index in [-0.39, 0.29) is 0 Å². The summed E-state index contributed by atoms with van der Waals surface area (Å²) >= 11 is 0. The van der Waals surface area contributed by atoms with Crippen LogP contribution in [0.1, 0.15) is 41.6 Å². The van der Waals surface area contributed by atoms with E-state index in [2.05, 4.69) is 5.32 Å². The van der Waals surface area contributed by atoms with Gasteiger partial charge in [-0.2, -0.15) is 0 Å². The van der Waals surface area contributed by atoms with Crippen molar-refractivity contribution >= 4 is 11.7 Å². The van der Waals surface area contributed by atoms with Crippen molar-refractivity contribution in [3.05, 3.63) is 29.3 Å². The van der Waals surface area contributed by atoms with Gasteiger partial charge < -0.3 is 10.4 Å². The zero-order valence-electron chi connectivity index (χ0n) is 10.2. The van der Waals surface area contributed by atoms with Gasteiger partial charge in [0.15, 0.2) is 0 Å². The smallest absolute Gasteiger partial charge is 0.335 e. The number of hydrogen-bond acceptors (Lipinski definition) is 2. The molecular weight excluding hydrogens is 214 g/mol. The molecule has 0 unspecified atom stereocenters. The molecule has 1 aromatic carbocycles. The van der Waals surface area contributed by atoms with E-state index < -0.39 is 5.97 Å². The molecule has 3 heteroatoms. The van der Waals surface area contributed by atoms with Gasteiger partial charge in [0.05, 0.1) is 5.56 Å². The van der Waals surface area contributed by atoms with E-state index in [1.54, 1.807) is 12.1 Å².